The molecule has 6 nitrogen and oxygen atoms in total. The third-order valence-electron chi connectivity index (χ3n) is 4.15. The van der Waals surface area contributed by atoms with Crippen LogP contribution in [0, 0.1) is 0 Å². The Hall–Kier alpha value is -2.32. The van der Waals surface area contributed by atoms with Gasteiger partial charge in [0.25, 0.3) is 0 Å². The first kappa shape index (κ1) is 20.4. The van der Waals surface area contributed by atoms with E-state index in [0.29, 0.717) is 17.4 Å². The normalized spacial score (nSPS) is 17.8. The number of para-hydroxylation sites is 1. The monoisotopic (exact) mass is 461 g/mol. The van der Waals surface area contributed by atoms with Gasteiger partial charge in [0.1, 0.15) is 11.0 Å². The molecule has 0 aliphatic carbocycles. The van der Waals surface area contributed by atoms with Gasteiger partial charge in [0, 0.05) is 17.4 Å². The summed E-state index contributed by atoms with van der Waals surface area (Å²) in [5.41, 5.74) is 1.41. The van der Waals surface area contributed by atoms with Gasteiger partial charge in [-0.15, -0.1) is 0 Å². The van der Waals surface area contributed by atoms with Crippen molar-refractivity contribution < 1.29 is 14.3 Å². The molecule has 2 aromatic carbocycles. The molecule has 1 saturated heterocycles. The number of benzene rings is 2. The molecule has 28 heavy (non-hydrogen) atoms. The standard InChI is InChI=1S/C20H20BrN3O3S/c1-3-24-19(26)17(12-18(25)23-16-7-5-4-6-15(16)21)28-20(24)22-13-8-10-14(27-2)11-9-13/h4-11,17H,3,12H2,1-2H3,(H,23,25). The van der Waals surface area contributed by atoms with E-state index in [1.54, 1.807) is 18.1 Å². The Kier molecular flexibility index (Phi) is 6.74. The molecular weight excluding hydrogens is 442 g/mol. The van der Waals surface area contributed by atoms with Crippen molar-refractivity contribution in [3.05, 3.63) is 53.0 Å². The molecule has 2 aromatic rings. The molecule has 1 unspecified atom stereocenters. The number of halogens is 1. The summed E-state index contributed by atoms with van der Waals surface area (Å²) >= 11 is 4.73. The van der Waals surface area contributed by atoms with E-state index in [1.165, 1.54) is 11.8 Å². The van der Waals surface area contributed by atoms with Crippen molar-refractivity contribution in [2.24, 2.45) is 4.99 Å². The maximum absolute atomic E-state index is 12.7. The van der Waals surface area contributed by atoms with Gasteiger partial charge in [0.2, 0.25) is 11.8 Å². The first-order valence-electron chi connectivity index (χ1n) is 8.77. The van der Waals surface area contributed by atoms with Crippen LogP contribution in [-0.4, -0.2) is 40.8 Å². The predicted molar refractivity (Wildman–Crippen MR) is 116 cm³/mol. The fourth-order valence-corrected chi connectivity index (χ4v) is 4.32. The van der Waals surface area contributed by atoms with Crippen molar-refractivity contribution in [1.29, 1.82) is 0 Å². The van der Waals surface area contributed by atoms with Crippen LogP contribution < -0.4 is 10.1 Å². The highest BCUT2D eigenvalue weighted by Gasteiger charge is 2.38. The third-order valence-corrected chi connectivity index (χ3v) is 6.02. The number of hydrogen-bond acceptors (Lipinski definition) is 5. The van der Waals surface area contributed by atoms with Crippen LogP contribution in [0.2, 0.25) is 0 Å². The molecule has 1 fully saturated rings. The molecule has 146 valence electrons. The Morgan fingerprint density at radius 3 is 2.61 bits per heavy atom. The van der Waals surface area contributed by atoms with Crippen LogP contribution in [0.3, 0.4) is 0 Å². The molecule has 0 spiro atoms. The zero-order chi connectivity index (χ0) is 20.1. The first-order chi connectivity index (χ1) is 13.5. The molecular formula is C20H20BrN3O3S. The van der Waals surface area contributed by atoms with Gasteiger partial charge in [0.05, 0.1) is 18.5 Å². The molecule has 1 aliphatic rings. The number of hydrogen-bond donors (Lipinski definition) is 1. The average molecular weight is 462 g/mol. The molecule has 0 aromatic heterocycles. The van der Waals surface area contributed by atoms with Crippen LogP contribution >= 0.6 is 27.7 Å². The van der Waals surface area contributed by atoms with Gasteiger partial charge in [-0.25, -0.2) is 4.99 Å². The lowest BCUT2D eigenvalue weighted by molar-refractivity contribution is -0.128. The molecule has 0 bridgehead atoms. The van der Waals surface area contributed by atoms with Gasteiger partial charge in [-0.05, 0) is 59.3 Å². The summed E-state index contributed by atoms with van der Waals surface area (Å²) in [7, 11) is 1.61. The van der Waals surface area contributed by atoms with Crippen molar-refractivity contribution in [1.82, 2.24) is 4.90 Å². The Bertz CT molecular complexity index is 902. The highest BCUT2D eigenvalue weighted by atomic mass is 79.9. The van der Waals surface area contributed by atoms with Crippen molar-refractivity contribution in [3.63, 3.8) is 0 Å². The van der Waals surface area contributed by atoms with Crippen LogP contribution in [0.5, 0.6) is 5.75 Å². The lowest BCUT2D eigenvalue weighted by atomic mass is 10.2. The van der Waals surface area contributed by atoms with Gasteiger partial charge < -0.3 is 10.1 Å². The van der Waals surface area contributed by atoms with E-state index in [0.717, 1.165) is 15.9 Å². The number of amidine groups is 1. The summed E-state index contributed by atoms with van der Waals surface area (Å²) in [5.74, 6) is 0.439. The lowest BCUT2D eigenvalue weighted by Crippen LogP contribution is -2.33. The van der Waals surface area contributed by atoms with E-state index < -0.39 is 5.25 Å². The van der Waals surface area contributed by atoms with Crippen molar-refractivity contribution >= 4 is 56.0 Å². The Labute approximate surface area is 176 Å². The fraction of sp³-hybridized carbons (Fsp3) is 0.250. The molecule has 0 saturated carbocycles. The Balaban J connectivity index is 1.71. The van der Waals surface area contributed by atoms with E-state index in [-0.39, 0.29) is 18.2 Å². The molecule has 1 heterocycles. The molecule has 1 N–H and O–H groups in total. The minimum Gasteiger partial charge on any atom is -0.497 e. The predicted octanol–water partition coefficient (Wildman–Crippen LogP) is 4.44. The summed E-state index contributed by atoms with van der Waals surface area (Å²) < 4.78 is 5.95. The minimum absolute atomic E-state index is 0.0863. The maximum atomic E-state index is 12.7. The number of amides is 2. The third kappa shape index (κ3) is 4.74. The van der Waals surface area contributed by atoms with Crippen molar-refractivity contribution in [2.75, 3.05) is 19.0 Å². The number of nitrogens with one attached hydrogen (secondary N) is 1. The second kappa shape index (κ2) is 9.25. The first-order valence-corrected chi connectivity index (χ1v) is 10.4. The largest absolute Gasteiger partial charge is 0.497 e. The molecule has 0 radical (unpaired) electrons. The second-order valence-electron chi connectivity index (χ2n) is 6.01. The van der Waals surface area contributed by atoms with Crippen LogP contribution in [-0.2, 0) is 9.59 Å². The van der Waals surface area contributed by atoms with Crippen LogP contribution in [0.25, 0.3) is 0 Å². The summed E-state index contributed by atoms with van der Waals surface area (Å²) in [6.07, 6.45) is 0.0863. The summed E-state index contributed by atoms with van der Waals surface area (Å²) in [6, 6.07) is 14.7. The van der Waals surface area contributed by atoms with E-state index in [9.17, 15) is 9.59 Å². The summed E-state index contributed by atoms with van der Waals surface area (Å²) in [6.45, 7) is 2.40. The molecule has 8 heteroatoms. The number of methoxy groups -OCH3 is 1. The van der Waals surface area contributed by atoms with E-state index in [2.05, 4.69) is 26.2 Å². The average Bonchev–Trinajstić information content (AvgIpc) is 2.98. The fourth-order valence-electron chi connectivity index (χ4n) is 2.72. The maximum Gasteiger partial charge on any atom is 0.242 e. The van der Waals surface area contributed by atoms with Gasteiger partial charge in [-0.1, -0.05) is 23.9 Å². The van der Waals surface area contributed by atoms with Gasteiger partial charge in [-0.3, -0.25) is 14.5 Å². The lowest BCUT2D eigenvalue weighted by Gasteiger charge is -2.13. The summed E-state index contributed by atoms with van der Waals surface area (Å²) in [4.78, 5) is 31.3. The van der Waals surface area contributed by atoms with Crippen LogP contribution in [0.4, 0.5) is 11.4 Å². The van der Waals surface area contributed by atoms with E-state index in [1.807, 2.05) is 49.4 Å². The number of aliphatic imine (C=N–C) groups is 1. The number of rotatable bonds is 6. The van der Waals surface area contributed by atoms with Gasteiger partial charge in [0.15, 0.2) is 5.17 Å². The zero-order valence-corrected chi connectivity index (χ0v) is 17.9. The van der Waals surface area contributed by atoms with Crippen LogP contribution in [0.15, 0.2) is 58.0 Å². The van der Waals surface area contributed by atoms with Crippen molar-refractivity contribution in [3.8, 4) is 5.75 Å². The number of ether oxygens (including phenoxy) is 1. The smallest absolute Gasteiger partial charge is 0.242 e. The molecule has 3 rings (SSSR count). The quantitative estimate of drug-likeness (QED) is 0.689. The topological polar surface area (TPSA) is 71.0 Å². The van der Waals surface area contributed by atoms with Crippen LogP contribution in [0.1, 0.15) is 13.3 Å². The number of carbonyl (C=O) groups is 2. The highest BCUT2D eigenvalue weighted by molar-refractivity contribution is 9.10. The number of nitrogens with zero attached hydrogens (tertiary/aromatic N) is 2. The van der Waals surface area contributed by atoms with E-state index >= 15 is 0 Å². The van der Waals surface area contributed by atoms with Gasteiger partial charge in [-0.2, -0.15) is 0 Å². The van der Waals surface area contributed by atoms with Crippen molar-refractivity contribution in [2.45, 2.75) is 18.6 Å². The number of carbonyl (C=O) groups excluding carboxylic acids is 2. The number of anilines is 1. The molecule has 2 amide bonds. The highest BCUT2D eigenvalue weighted by Crippen LogP contribution is 2.32. The molecule has 1 aliphatic heterocycles. The van der Waals surface area contributed by atoms with E-state index in [4.69, 9.17) is 4.74 Å². The zero-order valence-electron chi connectivity index (χ0n) is 15.5. The second-order valence-corrected chi connectivity index (χ2v) is 8.04. The summed E-state index contributed by atoms with van der Waals surface area (Å²) in [5, 5.41) is 2.97. The Morgan fingerprint density at radius 1 is 1.25 bits per heavy atom. The number of thioether (sulfide) groups is 1. The SMILES string of the molecule is CCN1C(=O)C(CC(=O)Nc2ccccc2Br)SC1=Nc1ccc(OC)cc1. The molecule has 1 atom stereocenters. The van der Waals surface area contributed by atoms with Gasteiger partial charge >= 0.3 is 0 Å². The Morgan fingerprint density at radius 2 is 1.96 bits per heavy atom. The minimum atomic E-state index is -0.487.